The van der Waals surface area contributed by atoms with Crippen LogP contribution in [0.2, 0.25) is 0 Å². The third-order valence-electron chi connectivity index (χ3n) is 6.35. The lowest BCUT2D eigenvalue weighted by atomic mass is 9.90. The monoisotopic (exact) mass is 457 g/mol. The van der Waals surface area contributed by atoms with E-state index in [0.717, 1.165) is 11.3 Å². The van der Waals surface area contributed by atoms with E-state index in [9.17, 15) is 9.59 Å². The maximum Gasteiger partial charge on any atom is 0.325 e. The van der Waals surface area contributed by atoms with Crippen LogP contribution in [0.5, 0.6) is 17.2 Å². The van der Waals surface area contributed by atoms with E-state index in [1.165, 1.54) is 0 Å². The molecule has 8 heteroatoms. The van der Waals surface area contributed by atoms with Crippen LogP contribution < -0.4 is 29.7 Å². The van der Waals surface area contributed by atoms with E-state index in [1.807, 2.05) is 31.2 Å². The molecule has 1 saturated heterocycles. The first-order chi connectivity index (χ1) is 16.5. The van der Waals surface area contributed by atoms with E-state index in [0.29, 0.717) is 48.1 Å². The number of hydrogen-bond donors (Lipinski definition) is 2. The number of urea groups is 1. The zero-order valence-electron chi connectivity index (χ0n) is 18.5. The van der Waals surface area contributed by atoms with Gasteiger partial charge >= 0.3 is 6.03 Å². The Hall–Kier alpha value is -4.20. The van der Waals surface area contributed by atoms with Crippen LogP contribution in [-0.2, 0) is 0 Å². The summed E-state index contributed by atoms with van der Waals surface area (Å²) in [5.41, 5.74) is 1.68. The fraction of sp³-hybridized carbons (Fsp3) is 0.231. The van der Waals surface area contributed by atoms with E-state index >= 15 is 0 Å². The van der Waals surface area contributed by atoms with Gasteiger partial charge in [0.1, 0.15) is 19.0 Å². The highest BCUT2D eigenvalue weighted by Crippen LogP contribution is 2.45. The standard InChI is InChI=1S/C26H23N3O5/c1-26-15-20(19-7-2-3-8-21(19)34-26)28-25(31)29(26)18-6-4-5-16(13-18)24(30)27-17-9-10-22-23(14-17)33-12-11-32-22/h2-10,13-14,20H,11-12,15H2,1H3,(H,27,30)(H,28,31)/t20-,26-/m1/s1. The van der Waals surface area contributed by atoms with Crippen molar-refractivity contribution in [3.63, 3.8) is 0 Å². The minimum Gasteiger partial charge on any atom is -0.486 e. The molecule has 0 spiro atoms. The molecule has 3 aliphatic heterocycles. The number of fused-ring (bicyclic) bond motifs is 5. The van der Waals surface area contributed by atoms with Gasteiger partial charge in [-0.05, 0) is 43.3 Å². The van der Waals surface area contributed by atoms with Crippen molar-refractivity contribution in [3.8, 4) is 17.2 Å². The van der Waals surface area contributed by atoms with Gasteiger partial charge in [-0.15, -0.1) is 0 Å². The molecule has 3 amide bonds. The summed E-state index contributed by atoms with van der Waals surface area (Å²) in [7, 11) is 0. The van der Waals surface area contributed by atoms with Crippen LogP contribution in [0.3, 0.4) is 0 Å². The zero-order chi connectivity index (χ0) is 23.3. The molecular weight excluding hydrogens is 434 g/mol. The van der Waals surface area contributed by atoms with E-state index in [-0.39, 0.29) is 18.0 Å². The Labute approximate surface area is 196 Å². The molecule has 2 bridgehead atoms. The minimum atomic E-state index is -0.883. The zero-order valence-corrected chi connectivity index (χ0v) is 18.5. The number of nitrogens with one attached hydrogen (secondary N) is 2. The lowest BCUT2D eigenvalue weighted by Gasteiger charge is -2.50. The summed E-state index contributed by atoms with van der Waals surface area (Å²) < 4.78 is 17.4. The first kappa shape index (κ1) is 20.4. The number of carbonyl (C=O) groups is 2. The van der Waals surface area contributed by atoms with Gasteiger partial charge in [0.2, 0.25) is 0 Å². The first-order valence-corrected chi connectivity index (χ1v) is 11.2. The Bertz CT molecular complexity index is 1310. The average Bonchev–Trinajstić information content (AvgIpc) is 2.83. The number of amides is 3. The van der Waals surface area contributed by atoms with Crippen LogP contribution in [-0.4, -0.2) is 30.9 Å². The highest BCUT2D eigenvalue weighted by molar-refractivity contribution is 6.06. The van der Waals surface area contributed by atoms with Crippen LogP contribution in [0.25, 0.3) is 0 Å². The van der Waals surface area contributed by atoms with Crippen LogP contribution in [0.4, 0.5) is 16.2 Å². The highest BCUT2D eigenvalue weighted by Gasteiger charge is 2.49. The van der Waals surface area contributed by atoms with Crippen molar-refractivity contribution in [2.75, 3.05) is 23.4 Å². The van der Waals surface area contributed by atoms with Crippen molar-refractivity contribution < 1.29 is 23.8 Å². The van der Waals surface area contributed by atoms with Gasteiger partial charge in [-0.2, -0.15) is 0 Å². The molecule has 1 fully saturated rings. The molecule has 2 N–H and O–H groups in total. The molecule has 2 atom stereocenters. The predicted octanol–water partition coefficient (Wildman–Crippen LogP) is 4.48. The molecule has 3 heterocycles. The van der Waals surface area contributed by atoms with Crippen molar-refractivity contribution in [2.45, 2.75) is 25.1 Å². The Morgan fingerprint density at radius 3 is 2.71 bits per heavy atom. The minimum absolute atomic E-state index is 0.125. The summed E-state index contributed by atoms with van der Waals surface area (Å²) in [5.74, 6) is 1.70. The van der Waals surface area contributed by atoms with Crippen molar-refractivity contribution in [3.05, 3.63) is 77.9 Å². The summed E-state index contributed by atoms with van der Waals surface area (Å²) in [6, 6.07) is 19.6. The average molecular weight is 457 g/mol. The van der Waals surface area contributed by atoms with Crippen LogP contribution >= 0.6 is 0 Å². The third-order valence-corrected chi connectivity index (χ3v) is 6.35. The summed E-state index contributed by atoms with van der Waals surface area (Å²) in [4.78, 5) is 27.7. The summed E-state index contributed by atoms with van der Waals surface area (Å²) in [6.45, 7) is 2.87. The molecule has 6 rings (SSSR count). The Balaban J connectivity index is 1.27. The lowest BCUT2D eigenvalue weighted by molar-refractivity contribution is 0.0378. The predicted molar refractivity (Wildman–Crippen MR) is 126 cm³/mol. The number of carbonyl (C=O) groups excluding carboxylic acids is 2. The van der Waals surface area contributed by atoms with Crippen LogP contribution in [0, 0.1) is 0 Å². The molecule has 0 saturated carbocycles. The first-order valence-electron chi connectivity index (χ1n) is 11.2. The van der Waals surface area contributed by atoms with Gasteiger partial charge < -0.3 is 24.8 Å². The largest absolute Gasteiger partial charge is 0.486 e. The lowest BCUT2D eigenvalue weighted by Crippen LogP contribution is -2.65. The summed E-state index contributed by atoms with van der Waals surface area (Å²) >= 11 is 0. The topological polar surface area (TPSA) is 89.1 Å². The van der Waals surface area contributed by atoms with Gasteiger partial charge in [-0.3, -0.25) is 9.69 Å². The fourth-order valence-electron chi connectivity index (χ4n) is 4.82. The van der Waals surface area contributed by atoms with Gasteiger partial charge in [-0.25, -0.2) is 4.79 Å². The second-order valence-electron chi connectivity index (χ2n) is 8.72. The van der Waals surface area contributed by atoms with Crippen molar-refractivity contribution in [2.24, 2.45) is 0 Å². The second kappa shape index (κ2) is 7.69. The molecule has 34 heavy (non-hydrogen) atoms. The normalized spacial score (nSPS) is 22.2. The molecule has 0 aliphatic carbocycles. The van der Waals surface area contributed by atoms with Gasteiger partial charge in [-0.1, -0.05) is 24.3 Å². The maximum atomic E-state index is 13.1. The molecule has 0 radical (unpaired) electrons. The number of rotatable bonds is 3. The van der Waals surface area contributed by atoms with Crippen molar-refractivity contribution >= 4 is 23.3 Å². The quantitative estimate of drug-likeness (QED) is 0.605. The molecular formula is C26H23N3O5. The SMILES string of the molecule is C[C@@]12C[C@@H](NC(=O)N1c1cccc(C(=O)Nc3ccc4c(c3)OCCO4)c1)c1ccccc1O2. The molecule has 3 aromatic carbocycles. The Morgan fingerprint density at radius 2 is 1.82 bits per heavy atom. The number of benzene rings is 3. The highest BCUT2D eigenvalue weighted by atomic mass is 16.6. The smallest absolute Gasteiger partial charge is 0.325 e. The van der Waals surface area contributed by atoms with Gasteiger partial charge in [0.05, 0.1) is 11.7 Å². The van der Waals surface area contributed by atoms with Crippen LogP contribution in [0.1, 0.15) is 35.3 Å². The van der Waals surface area contributed by atoms with Crippen LogP contribution in [0.15, 0.2) is 66.7 Å². The molecule has 0 aromatic heterocycles. The van der Waals surface area contributed by atoms with Gasteiger partial charge in [0, 0.05) is 29.3 Å². The number of para-hydroxylation sites is 1. The number of nitrogens with zero attached hydrogens (tertiary/aromatic N) is 1. The Kier molecular flexibility index (Phi) is 4.62. The van der Waals surface area contributed by atoms with E-state index in [2.05, 4.69) is 10.6 Å². The molecule has 172 valence electrons. The number of anilines is 2. The number of ether oxygens (including phenoxy) is 3. The van der Waals surface area contributed by atoms with Crippen molar-refractivity contribution in [1.82, 2.24) is 5.32 Å². The molecule has 8 nitrogen and oxygen atoms in total. The van der Waals surface area contributed by atoms with E-state index in [4.69, 9.17) is 14.2 Å². The molecule has 0 unspecified atom stereocenters. The van der Waals surface area contributed by atoms with Gasteiger partial charge in [0.25, 0.3) is 5.91 Å². The summed E-state index contributed by atoms with van der Waals surface area (Å²) in [5, 5.41) is 5.97. The van der Waals surface area contributed by atoms with Crippen molar-refractivity contribution in [1.29, 1.82) is 0 Å². The second-order valence-corrected chi connectivity index (χ2v) is 8.72. The molecule has 3 aliphatic rings. The summed E-state index contributed by atoms with van der Waals surface area (Å²) in [6.07, 6.45) is 0.587. The third kappa shape index (κ3) is 3.39. The maximum absolute atomic E-state index is 13.1. The van der Waals surface area contributed by atoms with Gasteiger partial charge in [0.15, 0.2) is 17.2 Å². The molecule has 3 aromatic rings. The van der Waals surface area contributed by atoms with E-state index in [1.54, 1.807) is 47.4 Å². The number of hydrogen-bond acceptors (Lipinski definition) is 5. The van der Waals surface area contributed by atoms with E-state index < -0.39 is 5.72 Å². The fourth-order valence-corrected chi connectivity index (χ4v) is 4.82. The Morgan fingerprint density at radius 1 is 1.00 bits per heavy atom.